The number of rotatable bonds is 6. The molecule has 1 aromatic carbocycles. The van der Waals surface area contributed by atoms with Crippen molar-refractivity contribution >= 4 is 28.2 Å². The van der Waals surface area contributed by atoms with E-state index < -0.39 is 0 Å². The van der Waals surface area contributed by atoms with Crippen LogP contribution in [0, 0.1) is 6.92 Å². The molecule has 0 bridgehead atoms. The predicted octanol–water partition coefficient (Wildman–Crippen LogP) is 3.45. The summed E-state index contributed by atoms with van der Waals surface area (Å²) < 4.78 is 0. The molecule has 1 amide bonds. The van der Waals surface area contributed by atoms with E-state index in [9.17, 15) is 9.90 Å². The molecule has 8 nitrogen and oxygen atoms in total. The van der Waals surface area contributed by atoms with Crippen molar-refractivity contribution in [2.45, 2.75) is 32.8 Å². The molecular formula is C26H26N6O2. The van der Waals surface area contributed by atoms with E-state index in [2.05, 4.69) is 15.3 Å². The number of pyridine rings is 2. The number of nitrogens with one attached hydrogen (secondary N) is 1. The Bertz CT molecular complexity index is 1370. The van der Waals surface area contributed by atoms with Crippen LogP contribution >= 0.6 is 0 Å². The van der Waals surface area contributed by atoms with Gasteiger partial charge < -0.3 is 15.3 Å². The van der Waals surface area contributed by atoms with Gasteiger partial charge in [0.15, 0.2) is 5.82 Å². The van der Waals surface area contributed by atoms with Crippen molar-refractivity contribution in [3.63, 3.8) is 0 Å². The summed E-state index contributed by atoms with van der Waals surface area (Å²) in [6.07, 6.45) is 6.25. The van der Waals surface area contributed by atoms with Gasteiger partial charge in [0.2, 0.25) is 5.91 Å². The molecule has 34 heavy (non-hydrogen) atoms. The predicted molar refractivity (Wildman–Crippen MR) is 132 cm³/mol. The Morgan fingerprint density at radius 1 is 1.06 bits per heavy atom. The number of likely N-dealkylation sites (N-methyl/N-ethyl adjacent to an activating group) is 1. The van der Waals surface area contributed by atoms with Gasteiger partial charge in [-0.25, -0.2) is 9.97 Å². The van der Waals surface area contributed by atoms with Crippen LogP contribution in [0.5, 0.6) is 0 Å². The number of aryl methyl sites for hydroxylation is 2. The summed E-state index contributed by atoms with van der Waals surface area (Å²) in [5.41, 5.74) is 5.19. The van der Waals surface area contributed by atoms with Crippen molar-refractivity contribution in [2.24, 2.45) is 0 Å². The van der Waals surface area contributed by atoms with Crippen LogP contribution in [-0.2, 0) is 24.2 Å². The number of aromatic nitrogens is 4. The number of carbonyl (C=O) groups excluding carboxylic acids is 1. The molecule has 0 atom stereocenters. The van der Waals surface area contributed by atoms with E-state index in [1.807, 2.05) is 55.3 Å². The third-order valence-corrected chi connectivity index (χ3v) is 6.05. The average molecular weight is 455 g/mol. The Kier molecular flexibility index (Phi) is 5.90. The average Bonchev–Trinajstić information content (AvgIpc) is 3.33. The summed E-state index contributed by atoms with van der Waals surface area (Å²) in [7, 11) is 1.87. The van der Waals surface area contributed by atoms with E-state index in [-0.39, 0.29) is 19.1 Å². The number of nitrogens with zero attached hydrogens (tertiary/aromatic N) is 5. The molecule has 172 valence electrons. The third kappa shape index (κ3) is 4.45. The van der Waals surface area contributed by atoms with E-state index in [4.69, 9.17) is 9.97 Å². The zero-order valence-electron chi connectivity index (χ0n) is 19.2. The van der Waals surface area contributed by atoms with E-state index in [1.165, 1.54) is 0 Å². The standard InChI is InChI=1S/C26H26N6O2/c1-16-6-9-20(13-27-16)29-24(34)14-32(2)26-21-4-3-5-22(21)30-25(31-26)23-11-19-10-17(15-33)7-8-18(19)12-28-23/h6-13,33H,3-5,14-15H2,1-2H3,(H,29,34). The number of aliphatic hydroxyl groups excluding tert-OH is 1. The van der Waals surface area contributed by atoms with Crippen molar-refractivity contribution in [3.05, 3.63) is 71.3 Å². The summed E-state index contributed by atoms with van der Waals surface area (Å²) in [5.74, 6) is 1.17. The van der Waals surface area contributed by atoms with Crippen LogP contribution in [0.4, 0.5) is 11.5 Å². The number of benzene rings is 1. The summed E-state index contributed by atoms with van der Waals surface area (Å²) in [6.45, 7) is 2.04. The molecule has 0 aliphatic heterocycles. The number of anilines is 2. The van der Waals surface area contributed by atoms with Gasteiger partial charge in [0.1, 0.15) is 11.5 Å². The van der Waals surface area contributed by atoms with Crippen molar-refractivity contribution in [1.82, 2.24) is 19.9 Å². The number of aliphatic hydroxyl groups is 1. The molecule has 4 aromatic rings. The van der Waals surface area contributed by atoms with Crippen LogP contribution in [0.15, 0.2) is 48.8 Å². The number of amides is 1. The van der Waals surface area contributed by atoms with E-state index >= 15 is 0 Å². The minimum Gasteiger partial charge on any atom is -0.392 e. The zero-order chi connectivity index (χ0) is 23.7. The van der Waals surface area contributed by atoms with E-state index in [0.29, 0.717) is 17.2 Å². The molecule has 8 heteroatoms. The fraction of sp³-hybridized carbons (Fsp3) is 0.269. The second kappa shape index (κ2) is 9.15. The van der Waals surface area contributed by atoms with Crippen molar-refractivity contribution < 1.29 is 9.90 Å². The van der Waals surface area contributed by atoms with Gasteiger partial charge in [-0.2, -0.15) is 0 Å². The van der Waals surface area contributed by atoms with Gasteiger partial charge in [-0.1, -0.05) is 12.1 Å². The maximum Gasteiger partial charge on any atom is 0.243 e. The first kappa shape index (κ1) is 21.9. The SMILES string of the molecule is Cc1ccc(NC(=O)CN(C)c2nc(-c3cc4cc(CO)ccc4cn3)nc3c2CCC3)cn1. The first-order chi connectivity index (χ1) is 16.5. The molecule has 1 aliphatic carbocycles. The first-order valence-corrected chi connectivity index (χ1v) is 11.3. The molecule has 2 N–H and O–H groups in total. The number of fused-ring (bicyclic) bond motifs is 2. The molecule has 0 unspecified atom stereocenters. The molecule has 3 aromatic heterocycles. The molecule has 0 spiro atoms. The summed E-state index contributed by atoms with van der Waals surface area (Å²) in [6, 6.07) is 11.4. The Morgan fingerprint density at radius 2 is 1.94 bits per heavy atom. The topological polar surface area (TPSA) is 104 Å². The van der Waals surface area contributed by atoms with Crippen LogP contribution < -0.4 is 10.2 Å². The van der Waals surface area contributed by atoms with Gasteiger partial charge in [0, 0.05) is 35.6 Å². The Hall–Kier alpha value is -3.91. The van der Waals surface area contributed by atoms with Gasteiger partial charge in [-0.3, -0.25) is 14.8 Å². The highest BCUT2D eigenvalue weighted by molar-refractivity contribution is 5.94. The smallest absolute Gasteiger partial charge is 0.243 e. The van der Waals surface area contributed by atoms with Crippen LogP contribution in [0.25, 0.3) is 22.3 Å². The van der Waals surface area contributed by atoms with Crippen LogP contribution in [0.1, 0.15) is 28.9 Å². The van der Waals surface area contributed by atoms with Gasteiger partial charge in [0.25, 0.3) is 0 Å². The van der Waals surface area contributed by atoms with Crippen LogP contribution in [-0.4, -0.2) is 44.5 Å². The largest absolute Gasteiger partial charge is 0.392 e. The highest BCUT2D eigenvalue weighted by Crippen LogP contribution is 2.31. The first-order valence-electron chi connectivity index (χ1n) is 11.3. The minimum absolute atomic E-state index is 0.0153. The van der Waals surface area contributed by atoms with Crippen molar-refractivity contribution in [1.29, 1.82) is 0 Å². The quantitative estimate of drug-likeness (QED) is 0.460. The molecule has 3 heterocycles. The molecule has 1 aliphatic rings. The fourth-order valence-electron chi connectivity index (χ4n) is 4.29. The Labute approximate surface area is 197 Å². The fourth-order valence-corrected chi connectivity index (χ4v) is 4.29. The number of carbonyl (C=O) groups is 1. The monoisotopic (exact) mass is 454 g/mol. The normalized spacial score (nSPS) is 12.6. The zero-order valence-corrected chi connectivity index (χ0v) is 19.2. The van der Waals surface area contributed by atoms with Gasteiger partial charge >= 0.3 is 0 Å². The molecule has 0 saturated carbocycles. The lowest BCUT2D eigenvalue weighted by Gasteiger charge is -2.21. The highest BCUT2D eigenvalue weighted by Gasteiger charge is 2.23. The van der Waals surface area contributed by atoms with Gasteiger partial charge in [-0.05, 0) is 61.4 Å². The lowest BCUT2D eigenvalue weighted by Crippen LogP contribution is -2.31. The second-order valence-corrected chi connectivity index (χ2v) is 8.65. The maximum atomic E-state index is 12.7. The van der Waals surface area contributed by atoms with Gasteiger partial charge in [0.05, 0.1) is 25.0 Å². The van der Waals surface area contributed by atoms with Crippen LogP contribution in [0.3, 0.4) is 0 Å². The van der Waals surface area contributed by atoms with Crippen molar-refractivity contribution in [3.8, 4) is 11.5 Å². The van der Waals surface area contributed by atoms with Crippen LogP contribution in [0.2, 0.25) is 0 Å². The lowest BCUT2D eigenvalue weighted by atomic mass is 10.1. The highest BCUT2D eigenvalue weighted by atomic mass is 16.3. The molecule has 5 rings (SSSR count). The lowest BCUT2D eigenvalue weighted by molar-refractivity contribution is -0.114. The minimum atomic E-state index is -0.138. The molecular weight excluding hydrogens is 428 g/mol. The molecule has 0 radical (unpaired) electrons. The maximum absolute atomic E-state index is 12.7. The second-order valence-electron chi connectivity index (χ2n) is 8.65. The summed E-state index contributed by atoms with van der Waals surface area (Å²) in [4.78, 5) is 33.0. The van der Waals surface area contributed by atoms with E-state index in [0.717, 1.165) is 58.4 Å². The molecule has 0 fully saturated rings. The molecule has 0 saturated heterocycles. The Balaban J connectivity index is 1.44. The van der Waals surface area contributed by atoms with Gasteiger partial charge in [-0.15, -0.1) is 0 Å². The number of hydrogen-bond acceptors (Lipinski definition) is 7. The summed E-state index contributed by atoms with van der Waals surface area (Å²) >= 11 is 0. The van der Waals surface area contributed by atoms with Crippen molar-refractivity contribution in [2.75, 3.05) is 23.8 Å². The summed E-state index contributed by atoms with van der Waals surface area (Å²) in [5, 5.41) is 14.3. The Morgan fingerprint density at radius 3 is 2.74 bits per heavy atom. The van der Waals surface area contributed by atoms with E-state index in [1.54, 1.807) is 12.4 Å². The number of hydrogen-bond donors (Lipinski definition) is 2. The third-order valence-electron chi connectivity index (χ3n) is 6.05.